The molecular formula is C19H29ClN4O2. The minimum Gasteiger partial charge on any atom is -0.339 e. The fourth-order valence-corrected chi connectivity index (χ4v) is 3.52. The van der Waals surface area contributed by atoms with E-state index in [0.717, 1.165) is 43.7 Å². The number of anilines is 1. The Kier molecular flexibility index (Phi) is 7.43. The average Bonchev–Trinajstić information content (AvgIpc) is 3.13. The van der Waals surface area contributed by atoms with Gasteiger partial charge in [0.1, 0.15) is 0 Å². The standard InChI is InChI=1S/C19H28N4O2.ClH/c1-14-5-3-6-16(15(14)2)21-18(24)13-22-9-11-23(12-10-22)19(25)17-7-4-8-20-17;/h3,5-6,17,20H,4,7-13H2,1-2H3,(H,21,24);1H. The number of amides is 2. The molecule has 0 radical (unpaired) electrons. The highest BCUT2D eigenvalue weighted by Gasteiger charge is 2.29. The molecule has 0 bridgehead atoms. The molecule has 7 heteroatoms. The number of rotatable bonds is 4. The normalized spacial score (nSPS) is 20.5. The number of benzene rings is 1. The number of halogens is 1. The Morgan fingerprint density at radius 2 is 1.92 bits per heavy atom. The number of nitrogens with zero attached hydrogens (tertiary/aromatic N) is 2. The van der Waals surface area contributed by atoms with Crippen molar-refractivity contribution in [1.29, 1.82) is 0 Å². The predicted octanol–water partition coefficient (Wildman–Crippen LogP) is 1.56. The van der Waals surface area contributed by atoms with Crippen molar-refractivity contribution in [3.8, 4) is 0 Å². The molecule has 3 rings (SSSR count). The zero-order valence-electron chi connectivity index (χ0n) is 15.6. The number of carbonyl (C=O) groups excluding carboxylic acids is 2. The van der Waals surface area contributed by atoms with Crippen molar-refractivity contribution >= 4 is 29.9 Å². The molecule has 0 aromatic heterocycles. The first-order valence-corrected chi connectivity index (χ1v) is 9.15. The van der Waals surface area contributed by atoms with Gasteiger partial charge >= 0.3 is 0 Å². The van der Waals surface area contributed by atoms with E-state index in [9.17, 15) is 9.59 Å². The van der Waals surface area contributed by atoms with Crippen LogP contribution in [0.1, 0.15) is 24.0 Å². The van der Waals surface area contributed by atoms with Gasteiger partial charge < -0.3 is 15.5 Å². The summed E-state index contributed by atoms with van der Waals surface area (Å²) in [5.41, 5.74) is 3.16. The van der Waals surface area contributed by atoms with E-state index >= 15 is 0 Å². The summed E-state index contributed by atoms with van der Waals surface area (Å²) in [4.78, 5) is 28.8. The lowest BCUT2D eigenvalue weighted by Gasteiger charge is -2.35. The van der Waals surface area contributed by atoms with Crippen LogP contribution in [0.4, 0.5) is 5.69 Å². The third-order valence-corrected chi connectivity index (χ3v) is 5.29. The Bertz CT molecular complexity index is 638. The molecule has 1 unspecified atom stereocenters. The molecule has 6 nitrogen and oxygen atoms in total. The maximum Gasteiger partial charge on any atom is 0.239 e. The number of aryl methyl sites for hydroxylation is 1. The van der Waals surface area contributed by atoms with Crippen LogP contribution in [0, 0.1) is 13.8 Å². The lowest BCUT2D eigenvalue weighted by atomic mass is 10.1. The Labute approximate surface area is 161 Å². The number of carbonyl (C=O) groups is 2. The zero-order valence-corrected chi connectivity index (χ0v) is 16.4. The van der Waals surface area contributed by atoms with E-state index in [0.29, 0.717) is 19.6 Å². The van der Waals surface area contributed by atoms with Crippen LogP contribution in [-0.2, 0) is 9.59 Å². The SMILES string of the molecule is Cc1cccc(NC(=O)CN2CCN(C(=O)C3CCCN3)CC2)c1C.Cl. The van der Waals surface area contributed by atoms with Crippen LogP contribution in [-0.4, -0.2) is 66.9 Å². The van der Waals surface area contributed by atoms with Gasteiger partial charge in [-0.25, -0.2) is 0 Å². The van der Waals surface area contributed by atoms with Crippen LogP contribution in [0.25, 0.3) is 0 Å². The molecule has 1 aromatic carbocycles. The molecule has 2 saturated heterocycles. The third kappa shape index (κ3) is 4.96. The van der Waals surface area contributed by atoms with Crippen molar-refractivity contribution in [3.05, 3.63) is 29.3 Å². The molecule has 144 valence electrons. The fraction of sp³-hybridized carbons (Fsp3) is 0.579. The maximum absolute atomic E-state index is 12.4. The van der Waals surface area contributed by atoms with Gasteiger partial charge in [-0.15, -0.1) is 12.4 Å². The molecule has 2 aliphatic rings. The van der Waals surface area contributed by atoms with E-state index in [1.54, 1.807) is 0 Å². The summed E-state index contributed by atoms with van der Waals surface area (Å²) >= 11 is 0. The minimum atomic E-state index is -0.000793. The summed E-state index contributed by atoms with van der Waals surface area (Å²) in [7, 11) is 0. The summed E-state index contributed by atoms with van der Waals surface area (Å²) in [6, 6.07) is 5.93. The zero-order chi connectivity index (χ0) is 17.8. The van der Waals surface area contributed by atoms with Crippen LogP contribution < -0.4 is 10.6 Å². The van der Waals surface area contributed by atoms with Crippen molar-refractivity contribution in [1.82, 2.24) is 15.1 Å². The smallest absolute Gasteiger partial charge is 0.239 e. The molecule has 2 amide bonds. The average molecular weight is 381 g/mol. The molecular weight excluding hydrogens is 352 g/mol. The summed E-state index contributed by atoms with van der Waals surface area (Å²) in [6.07, 6.45) is 2.02. The summed E-state index contributed by atoms with van der Waals surface area (Å²) < 4.78 is 0. The molecule has 2 heterocycles. The maximum atomic E-state index is 12.4. The van der Waals surface area contributed by atoms with Crippen LogP contribution in [0.3, 0.4) is 0 Å². The van der Waals surface area contributed by atoms with Gasteiger partial charge in [-0.1, -0.05) is 12.1 Å². The van der Waals surface area contributed by atoms with Crippen LogP contribution in [0.2, 0.25) is 0 Å². The van der Waals surface area contributed by atoms with Gasteiger partial charge in [0, 0.05) is 31.9 Å². The summed E-state index contributed by atoms with van der Waals surface area (Å²) in [5, 5.41) is 6.27. The summed E-state index contributed by atoms with van der Waals surface area (Å²) in [5.74, 6) is 0.225. The van der Waals surface area contributed by atoms with Crippen molar-refractivity contribution in [2.45, 2.75) is 32.7 Å². The van der Waals surface area contributed by atoms with Crippen LogP contribution in [0.15, 0.2) is 18.2 Å². The monoisotopic (exact) mass is 380 g/mol. The van der Waals surface area contributed by atoms with E-state index in [4.69, 9.17) is 0 Å². The number of piperazine rings is 1. The van der Waals surface area contributed by atoms with Gasteiger partial charge in [0.05, 0.1) is 12.6 Å². The van der Waals surface area contributed by atoms with E-state index in [2.05, 4.69) is 15.5 Å². The Morgan fingerprint density at radius 3 is 2.58 bits per heavy atom. The largest absolute Gasteiger partial charge is 0.339 e. The van der Waals surface area contributed by atoms with Gasteiger partial charge in [-0.05, 0) is 50.4 Å². The van der Waals surface area contributed by atoms with Gasteiger partial charge in [0.15, 0.2) is 0 Å². The van der Waals surface area contributed by atoms with Crippen LogP contribution >= 0.6 is 12.4 Å². The van der Waals surface area contributed by atoms with E-state index in [1.165, 1.54) is 5.56 Å². The minimum absolute atomic E-state index is 0. The second-order valence-corrected chi connectivity index (χ2v) is 7.05. The molecule has 2 N–H and O–H groups in total. The van der Waals surface area contributed by atoms with Gasteiger partial charge in [-0.3, -0.25) is 14.5 Å². The van der Waals surface area contributed by atoms with Crippen molar-refractivity contribution in [2.24, 2.45) is 0 Å². The second-order valence-electron chi connectivity index (χ2n) is 7.05. The lowest BCUT2D eigenvalue weighted by Crippen LogP contribution is -2.54. The van der Waals surface area contributed by atoms with E-state index in [1.807, 2.05) is 36.9 Å². The third-order valence-electron chi connectivity index (χ3n) is 5.29. The van der Waals surface area contributed by atoms with E-state index < -0.39 is 0 Å². The lowest BCUT2D eigenvalue weighted by molar-refractivity contribution is -0.135. The topological polar surface area (TPSA) is 64.7 Å². The molecule has 2 aliphatic heterocycles. The number of hydrogen-bond acceptors (Lipinski definition) is 4. The van der Waals surface area contributed by atoms with Gasteiger partial charge in [0.2, 0.25) is 11.8 Å². The van der Waals surface area contributed by atoms with E-state index in [-0.39, 0.29) is 30.3 Å². The van der Waals surface area contributed by atoms with Crippen molar-refractivity contribution < 1.29 is 9.59 Å². The summed E-state index contributed by atoms with van der Waals surface area (Å²) in [6.45, 7) is 8.28. The second kappa shape index (κ2) is 9.35. The quantitative estimate of drug-likeness (QED) is 0.832. The number of hydrogen-bond donors (Lipinski definition) is 2. The first-order valence-electron chi connectivity index (χ1n) is 9.15. The first-order chi connectivity index (χ1) is 12.0. The highest BCUT2D eigenvalue weighted by Crippen LogP contribution is 2.18. The van der Waals surface area contributed by atoms with Gasteiger partial charge in [0.25, 0.3) is 0 Å². The van der Waals surface area contributed by atoms with Gasteiger partial charge in [-0.2, -0.15) is 0 Å². The number of nitrogens with one attached hydrogen (secondary N) is 2. The fourth-order valence-electron chi connectivity index (χ4n) is 3.52. The molecule has 26 heavy (non-hydrogen) atoms. The van der Waals surface area contributed by atoms with Crippen molar-refractivity contribution in [3.63, 3.8) is 0 Å². The first kappa shape index (κ1) is 20.7. The molecule has 0 saturated carbocycles. The predicted molar refractivity (Wildman–Crippen MR) is 106 cm³/mol. The molecule has 2 fully saturated rings. The highest BCUT2D eigenvalue weighted by molar-refractivity contribution is 5.93. The Balaban J connectivity index is 0.00000243. The molecule has 1 atom stereocenters. The van der Waals surface area contributed by atoms with Crippen LogP contribution in [0.5, 0.6) is 0 Å². The highest BCUT2D eigenvalue weighted by atomic mass is 35.5. The molecule has 0 aliphatic carbocycles. The molecule has 1 aromatic rings. The van der Waals surface area contributed by atoms with Crippen molar-refractivity contribution in [2.75, 3.05) is 44.6 Å². The Hall–Kier alpha value is -1.63. The Morgan fingerprint density at radius 1 is 1.19 bits per heavy atom. The molecule has 0 spiro atoms.